The van der Waals surface area contributed by atoms with Crippen molar-refractivity contribution in [3.8, 4) is 5.75 Å². The number of carbonyl (C=O) groups excluding carboxylic acids is 2. The summed E-state index contributed by atoms with van der Waals surface area (Å²) in [5, 5.41) is 7.07. The lowest BCUT2D eigenvalue weighted by atomic mass is 9.87. The van der Waals surface area contributed by atoms with Crippen molar-refractivity contribution in [1.29, 1.82) is 0 Å². The third kappa shape index (κ3) is 5.82. The van der Waals surface area contributed by atoms with Gasteiger partial charge in [0.15, 0.2) is 13.2 Å². The molecule has 1 aromatic carbocycles. The van der Waals surface area contributed by atoms with Crippen molar-refractivity contribution in [2.75, 3.05) is 18.5 Å². The first kappa shape index (κ1) is 20.9. The molecule has 2 aromatic rings. The molecule has 1 heterocycles. The Bertz CT molecular complexity index is 830. The second-order valence-corrected chi connectivity index (χ2v) is 8.37. The lowest BCUT2D eigenvalue weighted by Gasteiger charge is -2.19. The van der Waals surface area contributed by atoms with Crippen molar-refractivity contribution in [3.05, 3.63) is 42.1 Å². The standard InChI is InChI=1S/C22H29N3O4/c1-22(2,3)16-8-10-18(11-9-16)28-15-21(27)29-14-20(26)24-19-12-13-23-25(19)17-6-4-5-7-17/h8-13,17H,4-7,14-15H2,1-3H3,(H,24,26). The maximum absolute atomic E-state index is 12.1. The summed E-state index contributed by atoms with van der Waals surface area (Å²) in [7, 11) is 0. The van der Waals surface area contributed by atoms with E-state index < -0.39 is 11.9 Å². The van der Waals surface area contributed by atoms with Gasteiger partial charge in [0.1, 0.15) is 11.6 Å². The van der Waals surface area contributed by atoms with E-state index in [1.54, 1.807) is 12.3 Å². The van der Waals surface area contributed by atoms with Crippen molar-refractivity contribution in [3.63, 3.8) is 0 Å². The number of hydrogen-bond donors (Lipinski definition) is 1. The molecule has 1 amide bonds. The first-order chi connectivity index (χ1) is 13.8. The predicted molar refractivity (Wildman–Crippen MR) is 110 cm³/mol. The van der Waals surface area contributed by atoms with E-state index in [4.69, 9.17) is 9.47 Å². The van der Waals surface area contributed by atoms with Crippen LogP contribution in [-0.4, -0.2) is 34.9 Å². The van der Waals surface area contributed by atoms with Crippen LogP contribution < -0.4 is 10.1 Å². The molecular weight excluding hydrogens is 370 g/mol. The fourth-order valence-corrected chi connectivity index (χ4v) is 3.41. The summed E-state index contributed by atoms with van der Waals surface area (Å²) in [5.41, 5.74) is 1.23. The number of nitrogens with zero attached hydrogens (tertiary/aromatic N) is 2. The summed E-state index contributed by atoms with van der Waals surface area (Å²) in [6.45, 7) is 5.78. The molecule has 156 valence electrons. The van der Waals surface area contributed by atoms with Gasteiger partial charge in [-0.2, -0.15) is 5.10 Å². The number of amides is 1. The molecule has 0 bridgehead atoms. The Labute approximate surface area is 171 Å². The average Bonchev–Trinajstić information content (AvgIpc) is 3.36. The molecule has 0 aliphatic heterocycles. The van der Waals surface area contributed by atoms with Crippen molar-refractivity contribution < 1.29 is 19.1 Å². The van der Waals surface area contributed by atoms with Gasteiger partial charge in [0.2, 0.25) is 0 Å². The Hall–Kier alpha value is -2.83. The number of aromatic nitrogens is 2. The lowest BCUT2D eigenvalue weighted by Crippen LogP contribution is -2.25. The quantitative estimate of drug-likeness (QED) is 0.715. The monoisotopic (exact) mass is 399 g/mol. The smallest absolute Gasteiger partial charge is 0.344 e. The van der Waals surface area contributed by atoms with Crippen LogP contribution in [0.15, 0.2) is 36.5 Å². The second kappa shape index (κ2) is 9.11. The van der Waals surface area contributed by atoms with Crippen molar-refractivity contribution in [2.24, 2.45) is 0 Å². The molecule has 0 spiro atoms. The van der Waals surface area contributed by atoms with Gasteiger partial charge >= 0.3 is 5.97 Å². The largest absolute Gasteiger partial charge is 0.482 e. The number of esters is 1. The molecule has 1 aromatic heterocycles. The fourth-order valence-electron chi connectivity index (χ4n) is 3.41. The SMILES string of the molecule is CC(C)(C)c1ccc(OCC(=O)OCC(=O)Nc2ccnn2C2CCCC2)cc1. The van der Waals surface area contributed by atoms with Gasteiger partial charge in [0.25, 0.3) is 5.91 Å². The number of nitrogens with one attached hydrogen (secondary N) is 1. The molecule has 1 N–H and O–H groups in total. The van der Waals surface area contributed by atoms with E-state index in [0.29, 0.717) is 17.6 Å². The summed E-state index contributed by atoms with van der Waals surface area (Å²) < 4.78 is 12.3. The Morgan fingerprint density at radius 1 is 1.10 bits per heavy atom. The first-order valence-corrected chi connectivity index (χ1v) is 10.1. The molecule has 0 radical (unpaired) electrons. The van der Waals surface area contributed by atoms with Crippen LogP contribution in [-0.2, 0) is 19.7 Å². The summed E-state index contributed by atoms with van der Waals surface area (Å²) >= 11 is 0. The number of rotatable bonds is 7. The van der Waals surface area contributed by atoms with Gasteiger partial charge in [0.05, 0.1) is 12.2 Å². The summed E-state index contributed by atoms with van der Waals surface area (Å²) in [6.07, 6.45) is 6.14. The van der Waals surface area contributed by atoms with Gasteiger partial charge in [-0.25, -0.2) is 9.48 Å². The van der Waals surface area contributed by atoms with Gasteiger partial charge < -0.3 is 14.8 Å². The highest BCUT2D eigenvalue weighted by Crippen LogP contribution is 2.31. The fraction of sp³-hybridized carbons (Fsp3) is 0.500. The molecule has 1 aliphatic carbocycles. The van der Waals surface area contributed by atoms with Crippen molar-refractivity contribution >= 4 is 17.7 Å². The van der Waals surface area contributed by atoms with E-state index in [2.05, 4.69) is 31.2 Å². The van der Waals surface area contributed by atoms with Crippen LogP contribution >= 0.6 is 0 Å². The Morgan fingerprint density at radius 3 is 2.45 bits per heavy atom. The summed E-state index contributed by atoms with van der Waals surface area (Å²) in [4.78, 5) is 24.0. The van der Waals surface area contributed by atoms with Gasteiger partial charge in [-0.1, -0.05) is 45.7 Å². The molecule has 0 atom stereocenters. The minimum atomic E-state index is -0.593. The number of anilines is 1. The van der Waals surface area contributed by atoms with Gasteiger partial charge in [-0.15, -0.1) is 0 Å². The molecule has 0 saturated heterocycles. The zero-order chi connectivity index (χ0) is 20.9. The van der Waals surface area contributed by atoms with Crippen LogP contribution in [0.4, 0.5) is 5.82 Å². The van der Waals surface area contributed by atoms with E-state index >= 15 is 0 Å². The van der Waals surface area contributed by atoms with Gasteiger partial charge in [0, 0.05) is 6.07 Å². The topological polar surface area (TPSA) is 82.4 Å². The number of ether oxygens (including phenoxy) is 2. The van der Waals surface area contributed by atoms with Gasteiger partial charge in [-0.3, -0.25) is 4.79 Å². The molecule has 1 fully saturated rings. The lowest BCUT2D eigenvalue weighted by molar-refractivity contribution is -0.149. The minimum Gasteiger partial charge on any atom is -0.482 e. The van der Waals surface area contributed by atoms with E-state index in [1.165, 1.54) is 18.4 Å². The van der Waals surface area contributed by atoms with Crippen LogP contribution in [0.5, 0.6) is 5.75 Å². The summed E-state index contributed by atoms with van der Waals surface area (Å²) in [5.74, 6) is 0.227. The molecule has 7 nitrogen and oxygen atoms in total. The maximum atomic E-state index is 12.1. The minimum absolute atomic E-state index is 0.0535. The summed E-state index contributed by atoms with van der Waals surface area (Å²) in [6, 6.07) is 9.67. The zero-order valence-electron chi connectivity index (χ0n) is 17.3. The maximum Gasteiger partial charge on any atom is 0.344 e. The average molecular weight is 399 g/mol. The van der Waals surface area contributed by atoms with Crippen LogP contribution in [0.2, 0.25) is 0 Å². The van der Waals surface area contributed by atoms with Crippen LogP contribution in [0.3, 0.4) is 0 Å². The van der Waals surface area contributed by atoms with Crippen LogP contribution in [0.1, 0.15) is 58.1 Å². The van der Waals surface area contributed by atoms with Crippen molar-refractivity contribution in [2.45, 2.75) is 57.9 Å². The highest BCUT2D eigenvalue weighted by atomic mass is 16.6. The normalized spacial score (nSPS) is 14.6. The second-order valence-electron chi connectivity index (χ2n) is 8.37. The molecule has 29 heavy (non-hydrogen) atoms. The Kier molecular flexibility index (Phi) is 6.56. The molecule has 1 saturated carbocycles. The third-order valence-electron chi connectivity index (χ3n) is 5.05. The highest BCUT2D eigenvalue weighted by Gasteiger charge is 2.21. The molecular formula is C22H29N3O4. The van der Waals surface area contributed by atoms with Crippen LogP contribution in [0.25, 0.3) is 0 Å². The molecule has 1 aliphatic rings. The highest BCUT2D eigenvalue weighted by molar-refractivity contribution is 5.92. The van der Waals surface area contributed by atoms with E-state index in [9.17, 15) is 9.59 Å². The number of benzene rings is 1. The van der Waals surface area contributed by atoms with E-state index in [-0.39, 0.29) is 18.6 Å². The van der Waals surface area contributed by atoms with E-state index in [1.807, 2.05) is 28.9 Å². The molecule has 7 heteroatoms. The molecule has 3 rings (SSSR count). The Morgan fingerprint density at radius 2 is 1.79 bits per heavy atom. The zero-order valence-corrected chi connectivity index (χ0v) is 17.3. The van der Waals surface area contributed by atoms with Crippen molar-refractivity contribution in [1.82, 2.24) is 9.78 Å². The number of carbonyl (C=O) groups is 2. The third-order valence-corrected chi connectivity index (χ3v) is 5.05. The predicted octanol–water partition coefficient (Wildman–Crippen LogP) is 3.86. The molecule has 0 unspecified atom stereocenters. The Balaban J connectivity index is 1.41. The van der Waals surface area contributed by atoms with Gasteiger partial charge in [-0.05, 0) is 36.0 Å². The van der Waals surface area contributed by atoms with Crippen LogP contribution in [0, 0.1) is 0 Å². The first-order valence-electron chi connectivity index (χ1n) is 10.1. The van der Waals surface area contributed by atoms with E-state index in [0.717, 1.165) is 12.8 Å². The number of hydrogen-bond acceptors (Lipinski definition) is 5.